The molecule has 0 N–H and O–H groups in total. The summed E-state index contributed by atoms with van der Waals surface area (Å²) in [6.07, 6.45) is 0. The summed E-state index contributed by atoms with van der Waals surface area (Å²) in [6.45, 7) is 10.9. The highest BCUT2D eigenvalue weighted by Gasteiger charge is 2.32. The monoisotopic (exact) mass is 356 g/mol. The number of likely N-dealkylation sites (N-methyl/N-ethyl adjacent to an activating group) is 1. The van der Waals surface area contributed by atoms with Crippen molar-refractivity contribution in [3.05, 3.63) is 29.3 Å². The lowest BCUT2D eigenvalue weighted by molar-refractivity contribution is 0.190. The van der Waals surface area contributed by atoms with Gasteiger partial charge in [0.25, 0.3) is 0 Å². The Morgan fingerprint density at radius 3 is 2.62 bits per heavy atom. The third-order valence-corrected chi connectivity index (χ3v) is 4.87. The summed E-state index contributed by atoms with van der Waals surface area (Å²) in [4.78, 5) is 4.54. The Morgan fingerprint density at radius 2 is 1.96 bits per heavy atom. The minimum absolute atomic E-state index is 0.105. The maximum atomic E-state index is 4.78. The molecule has 1 aliphatic rings. The molecule has 1 saturated heterocycles. The predicted molar refractivity (Wildman–Crippen MR) is 96.0 cm³/mol. The van der Waals surface area contributed by atoms with Crippen LogP contribution in [0.2, 0.25) is 0 Å². The van der Waals surface area contributed by atoms with Crippen LogP contribution in [-0.2, 0) is 12.0 Å². The number of fused-ring (bicyclic) bond motifs is 1. The lowest BCUT2D eigenvalue weighted by Gasteiger charge is -2.44. The number of aryl methyl sites for hydroxylation is 1. The van der Waals surface area contributed by atoms with Gasteiger partial charge in [-0.1, -0.05) is 31.1 Å². The summed E-state index contributed by atoms with van der Waals surface area (Å²) in [6, 6.07) is 4.44. The molecule has 0 amide bonds. The molecule has 9 heteroatoms. The van der Waals surface area contributed by atoms with Crippen LogP contribution in [0.3, 0.4) is 0 Å². The molecule has 4 heterocycles. The molecule has 138 valence electrons. The largest absolute Gasteiger partial charge is 0.352 e. The second kappa shape index (κ2) is 6.01. The lowest BCUT2D eigenvalue weighted by Crippen LogP contribution is -2.58. The van der Waals surface area contributed by atoms with Gasteiger partial charge in [0.15, 0.2) is 11.5 Å². The van der Waals surface area contributed by atoms with E-state index in [9.17, 15) is 0 Å². The molecule has 9 nitrogen and oxygen atoms in total. The highest BCUT2D eigenvalue weighted by Crippen LogP contribution is 2.25. The molecule has 4 rings (SSSR count). The lowest BCUT2D eigenvalue weighted by atomic mass is 9.96. The van der Waals surface area contributed by atoms with E-state index >= 15 is 0 Å². The van der Waals surface area contributed by atoms with Gasteiger partial charge in [-0.3, -0.25) is 4.90 Å². The van der Waals surface area contributed by atoms with Crippen LogP contribution in [0.5, 0.6) is 0 Å². The van der Waals surface area contributed by atoms with Crippen molar-refractivity contribution in [2.75, 3.05) is 25.0 Å². The number of aromatic nitrogens is 6. The van der Waals surface area contributed by atoms with Crippen molar-refractivity contribution in [2.24, 2.45) is 0 Å². The van der Waals surface area contributed by atoms with E-state index in [1.165, 1.54) is 0 Å². The zero-order chi connectivity index (χ0) is 18.5. The second-order valence-electron chi connectivity index (χ2n) is 8.01. The Bertz CT molecular complexity index is 918. The van der Waals surface area contributed by atoms with Gasteiger partial charge in [-0.25, -0.2) is 4.63 Å². The molecule has 0 unspecified atom stereocenters. The predicted octanol–water partition coefficient (Wildman–Crippen LogP) is 1.43. The quantitative estimate of drug-likeness (QED) is 0.694. The van der Waals surface area contributed by atoms with Crippen molar-refractivity contribution < 1.29 is 4.63 Å². The fourth-order valence-electron chi connectivity index (χ4n) is 3.09. The van der Waals surface area contributed by atoms with Crippen LogP contribution in [0.1, 0.15) is 38.0 Å². The van der Waals surface area contributed by atoms with Crippen molar-refractivity contribution in [3.63, 3.8) is 0 Å². The Kier molecular flexibility index (Phi) is 3.91. The minimum atomic E-state index is -0.105. The molecule has 3 aromatic heterocycles. The highest BCUT2D eigenvalue weighted by atomic mass is 16.6. The van der Waals surface area contributed by atoms with E-state index in [0.29, 0.717) is 6.04 Å². The average molecular weight is 356 g/mol. The topological polar surface area (TPSA) is 88.5 Å². The van der Waals surface area contributed by atoms with Gasteiger partial charge in [0, 0.05) is 31.1 Å². The van der Waals surface area contributed by atoms with E-state index in [1.54, 1.807) is 0 Å². The van der Waals surface area contributed by atoms with Gasteiger partial charge in [-0.2, -0.15) is 4.52 Å². The molecule has 0 bridgehead atoms. The van der Waals surface area contributed by atoms with E-state index in [0.717, 1.165) is 48.3 Å². The van der Waals surface area contributed by atoms with E-state index in [-0.39, 0.29) is 5.41 Å². The van der Waals surface area contributed by atoms with Crippen LogP contribution in [0.25, 0.3) is 5.65 Å². The molecule has 3 aromatic rings. The summed E-state index contributed by atoms with van der Waals surface area (Å²) in [5.41, 5.74) is 2.42. The van der Waals surface area contributed by atoms with E-state index in [2.05, 4.69) is 58.1 Å². The first-order valence-corrected chi connectivity index (χ1v) is 8.79. The number of hydrogen-bond donors (Lipinski definition) is 0. The fourth-order valence-corrected chi connectivity index (χ4v) is 3.09. The van der Waals surface area contributed by atoms with Crippen LogP contribution < -0.4 is 4.90 Å². The van der Waals surface area contributed by atoms with Gasteiger partial charge in [0.05, 0.1) is 0 Å². The molecular weight excluding hydrogens is 332 g/mol. The van der Waals surface area contributed by atoms with E-state index < -0.39 is 0 Å². The molecule has 26 heavy (non-hydrogen) atoms. The number of anilines is 1. The average Bonchev–Trinajstić information content (AvgIpc) is 3.11. The van der Waals surface area contributed by atoms with Crippen molar-refractivity contribution >= 4 is 11.5 Å². The number of nitrogens with zero attached hydrogens (tertiary/aromatic N) is 8. The molecule has 0 radical (unpaired) electrons. The van der Waals surface area contributed by atoms with Gasteiger partial charge >= 0.3 is 0 Å². The molecule has 1 aliphatic heterocycles. The van der Waals surface area contributed by atoms with Crippen molar-refractivity contribution in [1.82, 2.24) is 35.0 Å². The number of hydrogen-bond acceptors (Lipinski definition) is 8. The normalized spacial score (nSPS) is 15.8. The Hall–Kier alpha value is -2.55. The van der Waals surface area contributed by atoms with Crippen molar-refractivity contribution in [3.8, 4) is 0 Å². The molecule has 0 atom stereocenters. The molecule has 1 fully saturated rings. The first kappa shape index (κ1) is 16.9. The first-order valence-electron chi connectivity index (χ1n) is 8.79. The maximum absolute atomic E-state index is 4.78. The van der Waals surface area contributed by atoms with Crippen LogP contribution >= 0.6 is 0 Å². The maximum Gasteiger partial charge on any atom is 0.178 e. The second-order valence-corrected chi connectivity index (χ2v) is 8.01. The van der Waals surface area contributed by atoms with Crippen LogP contribution in [0.15, 0.2) is 16.8 Å². The summed E-state index contributed by atoms with van der Waals surface area (Å²) in [5.74, 6) is 1.82. The Balaban J connectivity index is 1.46. The van der Waals surface area contributed by atoms with Gasteiger partial charge in [0.1, 0.15) is 17.2 Å². The van der Waals surface area contributed by atoms with Gasteiger partial charge in [-0.05, 0) is 26.1 Å². The van der Waals surface area contributed by atoms with Crippen LogP contribution in [-0.4, -0.2) is 61.2 Å². The third kappa shape index (κ3) is 2.92. The molecule has 0 spiro atoms. The van der Waals surface area contributed by atoms with Gasteiger partial charge in [-0.15, -0.1) is 15.3 Å². The molecule has 0 saturated carbocycles. The van der Waals surface area contributed by atoms with Gasteiger partial charge < -0.3 is 4.90 Å². The third-order valence-electron chi connectivity index (χ3n) is 4.87. The molecule has 0 aliphatic carbocycles. The number of rotatable bonds is 4. The van der Waals surface area contributed by atoms with Gasteiger partial charge in [0.2, 0.25) is 0 Å². The molecule has 0 aromatic carbocycles. The Labute approximate surface area is 152 Å². The van der Waals surface area contributed by atoms with Crippen LogP contribution in [0.4, 0.5) is 5.82 Å². The summed E-state index contributed by atoms with van der Waals surface area (Å²) < 4.78 is 6.64. The first-order chi connectivity index (χ1) is 12.3. The van der Waals surface area contributed by atoms with Crippen molar-refractivity contribution in [2.45, 2.75) is 45.7 Å². The Morgan fingerprint density at radius 1 is 1.19 bits per heavy atom. The fraction of sp³-hybridized carbons (Fsp3) is 0.588. The summed E-state index contributed by atoms with van der Waals surface area (Å²) >= 11 is 0. The summed E-state index contributed by atoms with van der Waals surface area (Å²) in [7, 11) is 2.10. The zero-order valence-electron chi connectivity index (χ0n) is 15.8. The molecular formula is C17H24N8O. The standard InChI is InChI=1S/C17H24N8O/c1-11-13(22-26-21-11)10-23(5)12-8-24(9-12)15-7-6-14-18-19-16(17(2,3)4)25(14)20-15/h6-7,12H,8-10H2,1-5H3. The minimum Gasteiger partial charge on any atom is -0.352 e. The highest BCUT2D eigenvalue weighted by molar-refractivity contribution is 5.48. The zero-order valence-corrected chi connectivity index (χ0v) is 15.8. The van der Waals surface area contributed by atoms with Crippen LogP contribution in [0, 0.1) is 6.92 Å². The van der Waals surface area contributed by atoms with Crippen molar-refractivity contribution in [1.29, 1.82) is 0 Å². The van der Waals surface area contributed by atoms with E-state index in [1.807, 2.05) is 23.6 Å². The smallest absolute Gasteiger partial charge is 0.178 e. The SMILES string of the molecule is Cc1nonc1CN(C)C1CN(c2ccc3nnc(C(C)(C)C)n3n2)C1. The van der Waals surface area contributed by atoms with E-state index in [4.69, 9.17) is 9.73 Å². The summed E-state index contributed by atoms with van der Waals surface area (Å²) in [5, 5.41) is 21.1.